The molecule has 3 N–H and O–H groups in total. The van der Waals surface area contributed by atoms with Crippen LogP contribution in [-0.4, -0.2) is 59.0 Å². The summed E-state index contributed by atoms with van der Waals surface area (Å²) in [5, 5.41) is 20.7. The van der Waals surface area contributed by atoms with E-state index in [0.717, 1.165) is 0 Å². The van der Waals surface area contributed by atoms with Crippen LogP contribution in [0.25, 0.3) is 0 Å². The zero-order valence-electron chi connectivity index (χ0n) is 11.7. The molecule has 0 aromatic heterocycles. The van der Waals surface area contributed by atoms with E-state index in [-0.39, 0.29) is 30.4 Å². The van der Waals surface area contributed by atoms with E-state index in [0.29, 0.717) is 18.8 Å². The number of carbonyl (C=O) groups excluding carboxylic acids is 1. The van der Waals surface area contributed by atoms with Gasteiger partial charge in [0.15, 0.2) is 0 Å². The number of hydrogen-bond acceptors (Lipinski definition) is 4. The van der Waals surface area contributed by atoms with Gasteiger partial charge in [-0.2, -0.15) is 0 Å². The highest BCUT2D eigenvalue weighted by Crippen LogP contribution is 2.14. The van der Waals surface area contributed by atoms with Gasteiger partial charge in [-0.25, -0.2) is 9.59 Å². The molecule has 1 aromatic carbocycles. The minimum absolute atomic E-state index is 0.137. The number of hydrogen-bond donors (Lipinski definition) is 3. The Hall–Kier alpha value is -2.12. The molecule has 7 heteroatoms. The number of carboxylic acids is 1. The van der Waals surface area contributed by atoms with E-state index in [1.54, 1.807) is 4.90 Å². The molecule has 0 saturated carbocycles. The van der Waals surface area contributed by atoms with Crippen LogP contribution in [0, 0.1) is 0 Å². The second-order valence-corrected chi connectivity index (χ2v) is 4.97. The van der Waals surface area contributed by atoms with Gasteiger partial charge in [0.25, 0.3) is 0 Å². The zero-order chi connectivity index (χ0) is 15.4. The van der Waals surface area contributed by atoms with E-state index in [4.69, 9.17) is 14.9 Å². The summed E-state index contributed by atoms with van der Waals surface area (Å²) in [7, 11) is 0. The maximum absolute atomic E-state index is 12.2. The molecule has 0 aliphatic carbocycles. The predicted molar refractivity (Wildman–Crippen MR) is 75.4 cm³/mol. The van der Waals surface area contributed by atoms with Crippen molar-refractivity contribution in [3.05, 3.63) is 29.8 Å². The van der Waals surface area contributed by atoms with Crippen LogP contribution in [0.2, 0.25) is 0 Å². The zero-order valence-corrected chi connectivity index (χ0v) is 11.7. The second kappa shape index (κ2) is 6.55. The lowest BCUT2D eigenvalue weighted by molar-refractivity contribution is -0.0822. The van der Waals surface area contributed by atoms with Gasteiger partial charge in [-0.3, -0.25) is 0 Å². The van der Waals surface area contributed by atoms with Gasteiger partial charge < -0.3 is 25.2 Å². The molecule has 2 unspecified atom stereocenters. The third-order valence-corrected chi connectivity index (χ3v) is 3.20. The van der Waals surface area contributed by atoms with Crippen molar-refractivity contribution in [3.8, 4) is 0 Å². The largest absolute Gasteiger partial charge is 0.478 e. The molecule has 7 nitrogen and oxygen atoms in total. The number of nitrogens with one attached hydrogen (secondary N) is 1. The average molecular weight is 294 g/mol. The molecule has 1 aliphatic rings. The van der Waals surface area contributed by atoms with Crippen molar-refractivity contribution in [1.29, 1.82) is 0 Å². The van der Waals surface area contributed by atoms with Crippen LogP contribution >= 0.6 is 0 Å². The number of urea groups is 1. The molecule has 0 radical (unpaired) electrons. The van der Waals surface area contributed by atoms with Gasteiger partial charge in [0, 0.05) is 12.2 Å². The SMILES string of the molecule is CC1CN(C(=O)Nc2ccc(C(=O)O)cc2)CC(CO)O1. The smallest absolute Gasteiger partial charge is 0.335 e. The topological polar surface area (TPSA) is 99.1 Å². The van der Waals surface area contributed by atoms with E-state index in [1.807, 2.05) is 6.92 Å². The monoisotopic (exact) mass is 294 g/mol. The Bertz CT molecular complexity index is 517. The first-order valence-electron chi connectivity index (χ1n) is 6.65. The fourth-order valence-electron chi connectivity index (χ4n) is 2.21. The third kappa shape index (κ3) is 3.93. The molecule has 1 saturated heterocycles. The minimum atomic E-state index is -1.01. The molecule has 2 atom stereocenters. The molecular formula is C14H18N2O5. The molecule has 1 aromatic rings. The summed E-state index contributed by atoms with van der Waals surface area (Å²) in [6.07, 6.45) is -0.523. The van der Waals surface area contributed by atoms with Crippen molar-refractivity contribution in [2.75, 3.05) is 25.0 Å². The second-order valence-electron chi connectivity index (χ2n) is 4.97. The Morgan fingerprint density at radius 2 is 2.00 bits per heavy atom. The summed E-state index contributed by atoms with van der Waals surface area (Å²) in [6.45, 7) is 2.46. The van der Waals surface area contributed by atoms with Gasteiger partial charge in [0.2, 0.25) is 0 Å². The fourth-order valence-corrected chi connectivity index (χ4v) is 2.21. The summed E-state index contributed by atoms with van der Waals surface area (Å²) in [6, 6.07) is 5.63. The van der Waals surface area contributed by atoms with Gasteiger partial charge in [-0.1, -0.05) is 0 Å². The van der Waals surface area contributed by atoms with Crippen LogP contribution in [0.4, 0.5) is 10.5 Å². The summed E-state index contributed by atoms with van der Waals surface area (Å²) in [5.74, 6) is -1.01. The van der Waals surface area contributed by atoms with Crippen molar-refractivity contribution in [2.45, 2.75) is 19.1 Å². The highest BCUT2D eigenvalue weighted by molar-refractivity contribution is 5.91. The lowest BCUT2D eigenvalue weighted by atomic mass is 10.2. The molecule has 114 valence electrons. The first kappa shape index (κ1) is 15.3. The highest BCUT2D eigenvalue weighted by atomic mass is 16.5. The lowest BCUT2D eigenvalue weighted by Crippen LogP contribution is -2.51. The van der Waals surface area contributed by atoms with Crippen LogP contribution in [0.15, 0.2) is 24.3 Å². The molecule has 2 amide bonds. The number of carbonyl (C=O) groups is 2. The first-order chi connectivity index (χ1) is 9.99. The van der Waals surface area contributed by atoms with Crippen LogP contribution in [0.3, 0.4) is 0 Å². The van der Waals surface area contributed by atoms with Crippen molar-refractivity contribution < 1.29 is 24.5 Å². The minimum Gasteiger partial charge on any atom is -0.478 e. The standard InChI is InChI=1S/C14H18N2O5/c1-9-6-16(7-12(8-17)21-9)14(20)15-11-4-2-10(3-5-11)13(18)19/h2-5,9,12,17H,6-8H2,1H3,(H,15,20)(H,18,19). The third-order valence-electron chi connectivity index (χ3n) is 3.20. The predicted octanol–water partition coefficient (Wildman–Crippen LogP) is 0.998. The van der Waals surface area contributed by atoms with E-state index >= 15 is 0 Å². The molecule has 21 heavy (non-hydrogen) atoms. The summed E-state index contributed by atoms with van der Waals surface area (Å²) in [4.78, 5) is 24.5. The Balaban J connectivity index is 1.98. The van der Waals surface area contributed by atoms with Gasteiger partial charge in [0.1, 0.15) is 0 Å². The molecule has 1 fully saturated rings. The summed E-state index contributed by atoms with van der Waals surface area (Å²) < 4.78 is 5.47. The summed E-state index contributed by atoms with van der Waals surface area (Å²) in [5.41, 5.74) is 0.679. The molecule has 0 bridgehead atoms. The number of aromatic carboxylic acids is 1. The Morgan fingerprint density at radius 1 is 1.33 bits per heavy atom. The van der Waals surface area contributed by atoms with Gasteiger partial charge in [-0.05, 0) is 31.2 Å². The van der Waals surface area contributed by atoms with Gasteiger partial charge in [0.05, 0.1) is 30.9 Å². The van der Waals surface area contributed by atoms with Crippen molar-refractivity contribution in [3.63, 3.8) is 0 Å². The Labute approximate surface area is 122 Å². The van der Waals surface area contributed by atoms with Gasteiger partial charge in [-0.15, -0.1) is 0 Å². The number of benzene rings is 1. The number of amides is 2. The Kier molecular flexibility index (Phi) is 4.77. The molecule has 1 heterocycles. The van der Waals surface area contributed by atoms with Crippen LogP contribution in [-0.2, 0) is 4.74 Å². The van der Waals surface area contributed by atoms with Crippen molar-refractivity contribution >= 4 is 17.7 Å². The molecular weight excluding hydrogens is 276 g/mol. The van der Waals surface area contributed by atoms with Crippen LogP contribution in [0.1, 0.15) is 17.3 Å². The van der Waals surface area contributed by atoms with E-state index in [1.165, 1.54) is 24.3 Å². The first-order valence-corrected chi connectivity index (χ1v) is 6.65. The molecule has 0 spiro atoms. The van der Waals surface area contributed by atoms with E-state index in [9.17, 15) is 9.59 Å². The van der Waals surface area contributed by atoms with Crippen molar-refractivity contribution in [2.24, 2.45) is 0 Å². The average Bonchev–Trinajstić information content (AvgIpc) is 2.47. The maximum atomic E-state index is 12.2. The van der Waals surface area contributed by atoms with E-state index in [2.05, 4.69) is 5.32 Å². The fraction of sp³-hybridized carbons (Fsp3) is 0.429. The number of ether oxygens (including phenoxy) is 1. The number of carboxylic acid groups (broad SMARTS) is 1. The van der Waals surface area contributed by atoms with E-state index < -0.39 is 5.97 Å². The maximum Gasteiger partial charge on any atom is 0.335 e. The number of rotatable bonds is 3. The quantitative estimate of drug-likeness (QED) is 0.772. The highest BCUT2D eigenvalue weighted by Gasteiger charge is 2.27. The summed E-state index contributed by atoms with van der Waals surface area (Å²) >= 11 is 0. The van der Waals surface area contributed by atoms with Crippen LogP contribution in [0.5, 0.6) is 0 Å². The number of aliphatic hydroxyl groups excluding tert-OH is 1. The molecule has 2 rings (SSSR count). The Morgan fingerprint density at radius 3 is 2.57 bits per heavy atom. The van der Waals surface area contributed by atoms with Crippen LogP contribution < -0.4 is 5.32 Å². The number of nitrogens with zero attached hydrogens (tertiary/aromatic N) is 1. The lowest BCUT2D eigenvalue weighted by Gasteiger charge is -2.35. The number of anilines is 1. The number of morpholine rings is 1. The van der Waals surface area contributed by atoms with Crippen molar-refractivity contribution in [1.82, 2.24) is 4.90 Å². The molecule has 1 aliphatic heterocycles. The normalized spacial score (nSPS) is 21.9. The van der Waals surface area contributed by atoms with Gasteiger partial charge >= 0.3 is 12.0 Å². The number of aliphatic hydroxyl groups is 1.